The number of carbonyl (C=O) groups excluding carboxylic acids is 2. The summed E-state index contributed by atoms with van der Waals surface area (Å²) in [6.07, 6.45) is 2.81. The predicted molar refractivity (Wildman–Crippen MR) is 78.7 cm³/mol. The van der Waals surface area contributed by atoms with Gasteiger partial charge in [-0.1, -0.05) is 19.9 Å². The zero-order chi connectivity index (χ0) is 15.5. The number of piperazine rings is 1. The molecule has 1 fully saturated rings. The van der Waals surface area contributed by atoms with Gasteiger partial charge in [-0.15, -0.1) is 0 Å². The molecule has 0 atom stereocenters. The molecule has 1 aliphatic rings. The van der Waals surface area contributed by atoms with Crippen LogP contribution < -0.4 is 10.9 Å². The van der Waals surface area contributed by atoms with Crippen molar-refractivity contribution in [2.24, 2.45) is 0 Å². The van der Waals surface area contributed by atoms with E-state index in [-0.39, 0.29) is 23.9 Å². The van der Waals surface area contributed by atoms with Gasteiger partial charge in [-0.05, 0) is 18.9 Å². The van der Waals surface area contributed by atoms with Gasteiger partial charge >= 0.3 is 0 Å². The molecule has 1 aromatic rings. The third-order valence-corrected chi connectivity index (χ3v) is 4.27. The standard InChI is InChI=1S/C15H21N3O3/c1-3-15(4-2)14(21)16-11-13(20)18(15)10-9-17-8-6-5-7-12(17)19/h5-8H,3-4,9-11H2,1-2H3,(H,16,21). The molecule has 0 unspecified atom stereocenters. The lowest BCUT2D eigenvalue weighted by Crippen LogP contribution is -2.67. The third kappa shape index (κ3) is 2.70. The third-order valence-electron chi connectivity index (χ3n) is 4.27. The normalized spacial score (nSPS) is 17.7. The summed E-state index contributed by atoms with van der Waals surface area (Å²) >= 11 is 0. The number of hydrogen-bond acceptors (Lipinski definition) is 3. The van der Waals surface area contributed by atoms with E-state index in [4.69, 9.17) is 0 Å². The zero-order valence-electron chi connectivity index (χ0n) is 12.5. The van der Waals surface area contributed by atoms with E-state index < -0.39 is 5.54 Å². The Kier molecular flexibility index (Phi) is 4.45. The van der Waals surface area contributed by atoms with E-state index in [0.29, 0.717) is 25.9 Å². The van der Waals surface area contributed by atoms with Crippen LogP contribution in [0, 0.1) is 0 Å². The number of amides is 2. The maximum absolute atomic E-state index is 12.2. The number of hydrogen-bond donors (Lipinski definition) is 1. The van der Waals surface area contributed by atoms with Gasteiger partial charge in [0.05, 0.1) is 6.54 Å². The monoisotopic (exact) mass is 291 g/mol. The Morgan fingerprint density at radius 1 is 1.14 bits per heavy atom. The first-order chi connectivity index (χ1) is 10.0. The summed E-state index contributed by atoms with van der Waals surface area (Å²) in [5.41, 5.74) is -0.904. The van der Waals surface area contributed by atoms with Gasteiger partial charge < -0.3 is 14.8 Å². The van der Waals surface area contributed by atoms with Crippen LogP contribution in [0.3, 0.4) is 0 Å². The number of nitrogens with one attached hydrogen (secondary N) is 1. The smallest absolute Gasteiger partial charge is 0.250 e. The minimum absolute atomic E-state index is 0.0320. The van der Waals surface area contributed by atoms with Gasteiger partial charge in [-0.3, -0.25) is 14.4 Å². The van der Waals surface area contributed by atoms with Gasteiger partial charge in [0.15, 0.2) is 0 Å². The molecule has 2 rings (SSSR count). The summed E-state index contributed by atoms with van der Waals surface area (Å²) in [4.78, 5) is 37.8. The molecule has 0 aliphatic carbocycles. The lowest BCUT2D eigenvalue weighted by molar-refractivity contribution is -0.154. The van der Waals surface area contributed by atoms with Gasteiger partial charge in [0.2, 0.25) is 11.8 Å². The minimum atomic E-state index is -0.798. The van der Waals surface area contributed by atoms with Crippen molar-refractivity contribution in [2.45, 2.75) is 38.8 Å². The molecule has 6 heteroatoms. The molecular formula is C15H21N3O3. The molecule has 1 aromatic heterocycles. The largest absolute Gasteiger partial charge is 0.345 e. The summed E-state index contributed by atoms with van der Waals surface area (Å²) in [6, 6.07) is 4.94. The fourth-order valence-electron chi connectivity index (χ4n) is 2.92. The van der Waals surface area contributed by atoms with E-state index in [9.17, 15) is 14.4 Å². The first kappa shape index (κ1) is 15.3. The summed E-state index contributed by atoms with van der Waals surface area (Å²) in [7, 11) is 0. The Balaban J connectivity index is 2.22. The molecule has 1 N–H and O–H groups in total. The summed E-state index contributed by atoms with van der Waals surface area (Å²) in [5, 5.41) is 2.67. The van der Waals surface area contributed by atoms with Crippen LogP contribution in [0.15, 0.2) is 29.2 Å². The Labute approximate surface area is 123 Å². The molecule has 2 amide bonds. The first-order valence-corrected chi connectivity index (χ1v) is 7.29. The molecule has 2 heterocycles. The SMILES string of the molecule is CCC1(CC)C(=O)NCC(=O)N1CCn1ccccc1=O. The van der Waals surface area contributed by atoms with Crippen molar-refractivity contribution in [3.05, 3.63) is 34.7 Å². The molecule has 6 nitrogen and oxygen atoms in total. The van der Waals surface area contributed by atoms with Crippen LogP contribution in [0.5, 0.6) is 0 Å². The van der Waals surface area contributed by atoms with E-state index in [1.807, 2.05) is 13.8 Å². The van der Waals surface area contributed by atoms with Crippen LogP contribution in [0.4, 0.5) is 0 Å². The highest BCUT2D eigenvalue weighted by Gasteiger charge is 2.46. The first-order valence-electron chi connectivity index (χ1n) is 7.29. The van der Waals surface area contributed by atoms with Crippen LogP contribution in [-0.4, -0.2) is 39.9 Å². The van der Waals surface area contributed by atoms with Crippen LogP contribution in [0.1, 0.15) is 26.7 Å². The van der Waals surface area contributed by atoms with Gasteiger partial charge in [-0.25, -0.2) is 0 Å². The average molecular weight is 291 g/mol. The molecule has 1 saturated heterocycles. The molecule has 1 aliphatic heterocycles. The summed E-state index contributed by atoms with van der Waals surface area (Å²) in [6.45, 7) is 4.59. The van der Waals surface area contributed by atoms with E-state index >= 15 is 0 Å². The average Bonchev–Trinajstić information content (AvgIpc) is 2.50. The highest BCUT2D eigenvalue weighted by atomic mass is 16.2. The fourth-order valence-corrected chi connectivity index (χ4v) is 2.92. The zero-order valence-corrected chi connectivity index (χ0v) is 12.5. The highest BCUT2D eigenvalue weighted by molar-refractivity contribution is 5.97. The van der Waals surface area contributed by atoms with Crippen molar-refractivity contribution in [1.29, 1.82) is 0 Å². The number of carbonyl (C=O) groups is 2. The van der Waals surface area contributed by atoms with E-state index in [0.717, 1.165) is 0 Å². The van der Waals surface area contributed by atoms with Crippen molar-refractivity contribution >= 4 is 11.8 Å². The second kappa shape index (κ2) is 6.11. The summed E-state index contributed by atoms with van der Waals surface area (Å²) in [5.74, 6) is -0.199. The second-order valence-corrected chi connectivity index (χ2v) is 5.20. The van der Waals surface area contributed by atoms with Crippen LogP contribution in [0.2, 0.25) is 0 Å². The van der Waals surface area contributed by atoms with Crippen molar-refractivity contribution in [2.75, 3.05) is 13.1 Å². The Hall–Kier alpha value is -2.11. The highest BCUT2D eigenvalue weighted by Crippen LogP contribution is 2.27. The van der Waals surface area contributed by atoms with Gasteiger partial charge in [0, 0.05) is 25.4 Å². The Morgan fingerprint density at radius 3 is 2.48 bits per heavy atom. The van der Waals surface area contributed by atoms with Crippen molar-refractivity contribution in [1.82, 2.24) is 14.8 Å². The number of rotatable bonds is 5. The van der Waals surface area contributed by atoms with Crippen molar-refractivity contribution in [3.63, 3.8) is 0 Å². The van der Waals surface area contributed by atoms with E-state index in [1.54, 1.807) is 27.8 Å². The predicted octanol–water partition coefficient (Wildman–Crippen LogP) is 0.366. The van der Waals surface area contributed by atoms with Gasteiger partial charge in [0.1, 0.15) is 5.54 Å². The van der Waals surface area contributed by atoms with E-state index in [1.165, 1.54) is 6.07 Å². The molecular weight excluding hydrogens is 270 g/mol. The summed E-state index contributed by atoms with van der Waals surface area (Å²) < 4.78 is 1.55. The van der Waals surface area contributed by atoms with Crippen molar-refractivity contribution < 1.29 is 9.59 Å². The van der Waals surface area contributed by atoms with E-state index in [2.05, 4.69) is 5.32 Å². The molecule has 114 valence electrons. The fraction of sp³-hybridized carbons (Fsp3) is 0.533. The number of pyridine rings is 1. The Morgan fingerprint density at radius 2 is 1.86 bits per heavy atom. The van der Waals surface area contributed by atoms with Crippen molar-refractivity contribution in [3.8, 4) is 0 Å². The molecule has 0 spiro atoms. The lowest BCUT2D eigenvalue weighted by atomic mass is 9.87. The van der Waals surface area contributed by atoms with Crippen LogP contribution >= 0.6 is 0 Å². The maximum atomic E-state index is 12.2. The minimum Gasteiger partial charge on any atom is -0.345 e. The quantitative estimate of drug-likeness (QED) is 0.852. The van der Waals surface area contributed by atoms with Crippen LogP contribution in [0.25, 0.3) is 0 Å². The molecule has 0 saturated carbocycles. The van der Waals surface area contributed by atoms with Gasteiger partial charge in [0.25, 0.3) is 5.56 Å². The Bertz CT molecular complexity index is 590. The number of aromatic nitrogens is 1. The maximum Gasteiger partial charge on any atom is 0.250 e. The molecule has 0 bridgehead atoms. The molecule has 0 radical (unpaired) electrons. The molecule has 21 heavy (non-hydrogen) atoms. The molecule has 0 aromatic carbocycles. The second-order valence-electron chi connectivity index (χ2n) is 5.20. The topological polar surface area (TPSA) is 71.4 Å². The van der Waals surface area contributed by atoms with Crippen LogP contribution in [-0.2, 0) is 16.1 Å². The lowest BCUT2D eigenvalue weighted by Gasteiger charge is -2.45. The van der Waals surface area contributed by atoms with Gasteiger partial charge in [-0.2, -0.15) is 0 Å². The number of nitrogens with zero attached hydrogens (tertiary/aromatic N) is 2.